The summed E-state index contributed by atoms with van der Waals surface area (Å²) in [7, 11) is 0. The number of ether oxygens (including phenoxy) is 1. The molecule has 1 aliphatic heterocycles. The highest BCUT2D eigenvalue weighted by atomic mass is 16.5. The minimum Gasteiger partial charge on any atom is -0.457 e. The number of rotatable bonds is 9. The molecule has 6 heteroatoms. The van der Waals surface area contributed by atoms with Gasteiger partial charge >= 0.3 is 0 Å². The van der Waals surface area contributed by atoms with Crippen molar-refractivity contribution >= 4 is 66.4 Å². The van der Waals surface area contributed by atoms with Gasteiger partial charge in [-0.1, -0.05) is 164 Å². The Morgan fingerprint density at radius 3 is 1.81 bits per heavy atom. The lowest BCUT2D eigenvalue weighted by molar-refractivity contribution is 0.483. The van der Waals surface area contributed by atoms with E-state index in [4.69, 9.17) is 23.4 Å². The van der Waals surface area contributed by atoms with Gasteiger partial charge in [-0.05, 0) is 95.6 Å². The molecule has 0 radical (unpaired) electrons. The summed E-state index contributed by atoms with van der Waals surface area (Å²) in [6.07, 6.45) is 1.79. The van der Waals surface area contributed by atoms with E-state index < -0.39 is 60.4 Å². The van der Waals surface area contributed by atoms with Crippen molar-refractivity contribution < 1.29 is 18.4 Å². The number of para-hydroxylation sites is 6. The maximum Gasteiger partial charge on any atom is 0.137 e. The summed E-state index contributed by atoms with van der Waals surface area (Å²) in [6.45, 7) is 0.102. The molecule has 0 saturated heterocycles. The van der Waals surface area contributed by atoms with E-state index in [1.807, 2.05) is 94.7 Å². The fraction of sp³-hybridized carbons (Fsp3) is 0.0152. The topological polar surface area (TPSA) is 38.5 Å². The number of hydrogen-bond donors (Lipinski definition) is 0. The first-order chi connectivity index (χ1) is 39.9. The van der Waals surface area contributed by atoms with Gasteiger partial charge in [-0.15, -0.1) is 0 Å². The summed E-state index contributed by atoms with van der Waals surface area (Å²) in [5.74, 6) is 1.87. The molecule has 72 heavy (non-hydrogen) atoms. The largest absolute Gasteiger partial charge is 0.457 e. The zero-order chi connectivity index (χ0) is 56.2. The van der Waals surface area contributed by atoms with Crippen LogP contribution in [0.3, 0.4) is 0 Å². The van der Waals surface area contributed by atoms with Crippen LogP contribution in [0.1, 0.15) is 13.7 Å². The van der Waals surface area contributed by atoms with E-state index in [0.29, 0.717) is 17.2 Å². The second-order valence-electron chi connectivity index (χ2n) is 17.6. The molecular weight excluding hydrogens is 879 g/mol. The molecule has 4 heterocycles. The molecule has 0 aliphatic carbocycles. The molecule has 0 bridgehead atoms. The Morgan fingerprint density at radius 2 is 1.03 bits per heavy atom. The monoisotopic (exact) mass is 933 g/mol. The molecule has 340 valence electrons. The number of hydrogen-bond acceptors (Lipinski definition) is 4. The smallest absolute Gasteiger partial charge is 0.137 e. The maximum atomic E-state index is 9.09. The Kier molecular flexibility index (Phi) is 7.65. The maximum absolute atomic E-state index is 9.09. The molecule has 0 amide bonds. The second kappa shape index (κ2) is 17.1. The molecule has 0 unspecified atom stereocenters. The summed E-state index contributed by atoms with van der Waals surface area (Å²) in [6, 6.07) is 59.3. The highest BCUT2D eigenvalue weighted by Gasteiger charge is 2.31. The van der Waals surface area contributed by atoms with E-state index in [0.717, 1.165) is 66.8 Å². The number of nitrogens with zero attached hydrogens (tertiary/aromatic N) is 5. The van der Waals surface area contributed by atoms with E-state index >= 15 is 0 Å². The molecular formula is C66H45N5O. The van der Waals surface area contributed by atoms with E-state index in [1.54, 1.807) is 24.4 Å². The van der Waals surface area contributed by atoms with Gasteiger partial charge in [0.25, 0.3) is 0 Å². The van der Waals surface area contributed by atoms with E-state index in [9.17, 15) is 0 Å². The summed E-state index contributed by atoms with van der Waals surface area (Å²) in [5, 5.41) is 4.41. The van der Waals surface area contributed by atoms with Crippen LogP contribution in [0.2, 0.25) is 0 Å². The van der Waals surface area contributed by atoms with E-state index in [1.165, 1.54) is 10.8 Å². The van der Waals surface area contributed by atoms with Crippen molar-refractivity contribution in [3.63, 3.8) is 0 Å². The predicted octanol–water partition coefficient (Wildman–Crippen LogP) is 17.3. The number of anilines is 4. The number of fused-ring (bicyclic) bond motifs is 7. The minimum absolute atomic E-state index is 0.0955. The van der Waals surface area contributed by atoms with Gasteiger partial charge in [0.15, 0.2) is 0 Å². The fourth-order valence-electron chi connectivity index (χ4n) is 10.5. The van der Waals surface area contributed by atoms with Crippen molar-refractivity contribution in [1.82, 2.24) is 14.1 Å². The molecule has 6 nitrogen and oxygen atoms in total. The fourth-order valence-corrected chi connectivity index (χ4v) is 10.5. The van der Waals surface area contributed by atoms with Crippen LogP contribution in [-0.2, 0) is 0 Å². The standard InChI is InChI=1S/C66H45N5O/c1-4-19-45(20-5-1)52-28-17-29-53(46-21-6-2-7-22-46)65(52)69-44-68(61-33-12-13-34-62(61)69)49-25-16-26-50(42-49)72-51-37-38-56-58-41-47(36-39-60(58)71(63(56)43-51)64-35-14-15-40-67-64)54-30-18-31-57-55-27-10-11-32-59(55)70(66(54)57)48-23-8-3-9-24-48/h1-43H,44H2/i1D,2D,4D,5D,6D,7D,19D,20D,21D,22D. The van der Waals surface area contributed by atoms with Crippen LogP contribution in [0.25, 0.3) is 88.5 Å². The molecule has 0 saturated carbocycles. The molecule has 0 fully saturated rings. The Morgan fingerprint density at radius 1 is 0.403 bits per heavy atom. The minimum atomic E-state index is -0.555. The summed E-state index contributed by atoms with van der Waals surface area (Å²) >= 11 is 0. The molecule has 0 atom stereocenters. The molecule has 14 rings (SSSR count). The third-order valence-corrected chi connectivity index (χ3v) is 13.6. The molecule has 0 N–H and O–H groups in total. The third-order valence-electron chi connectivity index (χ3n) is 13.6. The highest BCUT2D eigenvalue weighted by molar-refractivity contribution is 6.16. The Bertz CT molecular complexity index is 4650. The predicted molar refractivity (Wildman–Crippen MR) is 298 cm³/mol. The van der Waals surface area contributed by atoms with Crippen molar-refractivity contribution in [3.05, 3.63) is 261 Å². The van der Waals surface area contributed by atoms with Crippen molar-refractivity contribution in [2.24, 2.45) is 0 Å². The average Bonchev–Trinajstić information content (AvgIpc) is 4.35. The van der Waals surface area contributed by atoms with Crippen LogP contribution in [-0.4, -0.2) is 20.8 Å². The van der Waals surface area contributed by atoms with Gasteiger partial charge in [0.2, 0.25) is 0 Å². The van der Waals surface area contributed by atoms with Gasteiger partial charge in [0.05, 0.1) is 52.8 Å². The molecule has 13 aromatic rings. The molecule has 10 aromatic carbocycles. The lowest BCUT2D eigenvalue weighted by atomic mass is 9.95. The van der Waals surface area contributed by atoms with Gasteiger partial charge < -0.3 is 19.1 Å². The summed E-state index contributed by atoms with van der Waals surface area (Å²) < 4.78 is 99.0. The first-order valence-corrected chi connectivity index (χ1v) is 23.6. The molecule has 3 aromatic heterocycles. The zero-order valence-corrected chi connectivity index (χ0v) is 38.4. The number of benzene rings is 10. The van der Waals surface area contributed by atoms with Gasteiger partial charge in [0.1, 0.15) is 24.0 Å². The number of aromatic nitrogens is 3. The van der Waals surface area contributed by atoms with Crippen molar-refractivity contribution in [2.75, 3.05) is 16.5 Å². The second-order valence-corrected chi connectivity index (χ2v) is 17.6. The Hall–Kier alpha value is -9.65. The van der Waals surface area contributed by atoms with Gasteiger partial charge in [-0.25, -0.2) is 4.98 Å². The SMILES string of the molecule is [2H]c1c([2H])c([2H])c(-c2cccc(-c3c([2H])c([2H])c([2H])c([2H])c3[2H])c2N2CN(c3cccc(Oc4ccc5c6cc(-c7cccc8c9ccccc9n(-c9ccccc9)c78)ccc6n(-c6ccccn6)c5c4)c3)c3ccccc32)c([2H])c1[2H]. The van der Waals surface area contributed by atoms with E-state index in [2.05, 4.69) is 100 Å². The van der Waals surface area contributed by atoms with Gasteiger partial charge in [-0.2, -0.15) is 0 Å². The Balaban J connectivity index is 0.871. The van der Waals surface area contributed by atoms with Gasteiger partial charge in [0, 0.05) is 67.9 Å². The first kappa shape index (κ1) is 32.2. The van der Waals surface area contributed by atoms with Gasteiger partial charge in [-0.3, -0.25) is 4.57 Å². The third kappa shape index (κ3) is 6.84. The van der Waals surface area contributed by atoms with Crippen molar-refractivity contribution in [3.8, 4) is 56.4 Å². The van der Waals surface area contributed by atoms with Crippen molar-refractivity contribution in [2.45, 2.75) is 0 Å². The first-order valence-electron chi connectivity index (χ1n) is 28.6. The van der Waals surface area contributed by atoms with Crippen LogP contribution >= 0.6 is 0 Å². The highest BCUT2D eigenvalue weighted by Crippen LogP contribution is 2.50. The van der Waals surface area contributed by atoms with Crippen LogP contribution in [0.4, 0.5) is 22.7 Å². The normalized spacial score (nSPS) is 14.3. The van der Waals surface area contributed by atoms with Crippen molar-refractivity contribution in [1.29, 1.82) is 0 Å². The molecule has 1 aliphatic rings. The Labute approximate surface area is 431 Å². The summed E-state index contributed by atoms with van der Waals surface area (Å²) in [5.41, 5.74) is 10.1. The lowest BCUT2D eigenvalue weighted by Crippen LogP contribution is -2.24. The quantitative estimate of drug-likeness (QED) is 0.145. The average molecular weight is 934 g/mol. The number of pyridine rings is 1. The summed E-state index contributed by atoms with van der Waals surface area (Å²) in [4.78, 5) is 8.78. The zero-order valence-electron chi connectivity index (χ0n) is 48.4. The van der Waals surface area contributed by atoms with Crippen LogP contribution in [0.15, 0.2) is 261 Å². The molecule has 0 spiro atoms. The lowest BCUT2D eigenvalue weighted by Gasteiger charge is -2.27. The van der Waals surface area contributed by atoms with Crippen LogP contribution in [0.5, 0.6) is 11.5 Å². The van der Waals surface area contributed by atoms with E-state index in [-0.39, 0.29) is 34.6 Å². The van der Waals surface area contributed by atoms with Crippen LogP contribution in [0, 0.1) is 0 Å². The van der Waals surface area contributed by atoms with Crippen LogP contribution < -0.4 is 14.5 Å².